The van der Waals surface area contributed by atoms with E-state index in [0.29, 0.717) is 0 Å². The van der Waals surface area contributed by atoms with E-state index in [-0.39, 0.29) is 24.2 Å². The molecule has 144 valence electrons. The molecule has 0 amide bonds. The van der Waals surface area contributed by atoms with Crippen molar-refractivity contribution in [1.82, 2.24) is 18.8 Å². The Morgan fingerprint density at radius 3 is 2.35 bits per heavy atom. The number of aromatic nitrogens is 2. The molecule has 0 aliphatic rings. The fourth-order valence-corrected chi connectivity index (χ4v) is 3.14. The second kappa shape index (κ2) is 7.29. The minimum Gasteiger partial charge on any atom is -0.329 e. The van der Waals surface area contributed by atoms with Crippen molar-refractivity contribution < 1.29 is 30.5 Å². The van der Waals surface area contributed by atoms with Gasteiger partial charge in [-0.1, -0.05) is 24.2 Å². The zero-order valence-corrected chi connectivity index (χ0v) is 14.9. The molecule has 0 bridgehead atoms. The second-order valence-electron chi connectivity index (χ2n) is 5.44. The summed E-state index contributed by atoms with van der Waals surface area (Å²) in [7, 11) is -1.04. The molecule has 1 aromatic carbocycles. The molecule has 0 saturated carbocycles. The lowest BCUT2D eigenvalue weighted by atomic mass is 10.1. The molecule has 0 atom stereocenters. The first-order valence-corrected chi connectivity index (χ1v) is 8.73. The molecule has 2 aromatic rings. The van der Waals surface area contributed by atoms with Gasteiger partial charge in [-0.25, -0.2) is 4.39 Å². The van der Waals surface area contributed by atoms with Crippen LogP contribution in [0.2, 0.25) is 0 Å². The molecular formula is C14H16F4N4O3S. The van der Waals surface area contributed by atoms with Gasteiger partial charge in [0, 0.05) is 38.3 Å². The van der Waals surface area contributed by atoms with Crippen molar-refractivity contribution in [3.63, 3.8) is 0 Å². The molecule has 0 aliphatic carbocycles. The molecule has 2 rings (SSSR count). The Labute approximate surface area is 147 Å². The maximum atomic E-state index is 14.3. The van der Waals surface area contributed by atoms with Gasteiger partial charge in [0.1, 0.15) is 5.82 Å². The Morgan fingerprint density at radius 1 is 1.23 bits per heavy atom. The van der Waals surface area contributed by atoms with E-state index in [1.807, 2.05) is 0 Å². The van der Waals surface area contributed by atoms with Gasteiger partial charge in [0.25, 0.3) is 10.2 Å². The fourth-order valence-electron chi connectivity index (χ4n) is 2.05. The van der Waals surface area contributed by atoms with E-state index < -0.39 is 33.9 Å². The van der Waals surface area contributed by atoms with Crippen LogP contribution in [-0.4, -0.2) is 47.8 Å². The lowest BCUT2D eigenvalue weighted by molar-refractivity contribution is -0.159. The van der Waals surface area contributed by atoms with Gasteiger partial charge in [-0.15, -0.1) is 0 Å². The molecule has 26 heavy (non-hydrogen) atoms. The van der Waals surface area contributed by atoms with Crippen LogP contribution in [0, 0.1) is 5.82 Å². The number of benzene rings is 1. The summed E-state index contributed by atoms with van der Waals surface area (Å²) >= 11 is 0. The number of alkyl halides is 3. The summed E-state index contributed by atoms with van der Waals surface area (Å²) in [4.78, 5) is 3.18. The van der Waals surface area contributed by atoms with Crippen LogP contribution in [0.3, 0.4) is 0 Å². The van der Waals surface area contributed by atoms with Crippen LogP contribution >= 0.6 is 0 Å². The van der Waals surface area contributed by atoms with Crippen molar-refractivity contribution in [1.29, 1.82) is 0 Å². The van der Waals surface area contributed by atoms with Gasteiger partial charge in [0.05, 0.1) is 0 Å². The highest BCUT2D eigenvalue weighted by Crippen LogP contribution is 2.29. The van der Waals surface area contributed by atoms with Gasteiger partial charge in [0.15, 0.2) is 0 Å². The highest BCUT2D eigenvalue weighted by Gasteiger charge is 2.38. The first-order valence-electron chi connectivity index (χ1n) is 7.34. The van der Waals surface area contributed by atoms with E-state index in [4.69, 9.17) is 0 Å². The predicted octanol–water partition coefficient (Wildman–Crippen LogP) is 2.52. The van der Waals surface area contributed by atoms with Crippen LogP contribution < -0.4 is 0 Å². The molecule has 7 nitrogen and oxygen atoms in total. The molecule has 1 heterocycles. The van der Waals surface area contributed by atoms with Gasteiger partial charge in [0.2, 0.25) is 5.82 Å². The molecule has 0 saturated heterocycles. The maximum Gasteiger partial charge on any atom is 0.471 e. The first kappa shape index (κ1) is 20.3. The number of nitrogens with zero attached hydrogens (tertiary/aromatic N) is 4. The number of hydrogen-bond acceptors (Lipinski definition) is 5. The molecule has 0 spiro atoms. The van der Waals surface area contributed by atoms with E-state index in [1.165, 1.54) is 26.2 Å². The lowest BCUT2D eigenvalue weighted by Gasteiger charge is -2.24. The van der Waals surface area contributed by atoms with E-state index in [1.54, 1.807) is 6.92 Å². The third-order valence-corrected chi connectivity index (χ3v) is 5.43. The molecule has 1 aromatic heterocycles. The Morgan fingerprint density at radius 2 is 1.88 bits per heavy atom. The summed E-state index contributed by atoms with van der Waals surface area (Å²) in [5, 5.41) is 3.18. The second-order valence-corrected chi connectivity index (χ2v) is 7.59. The zero-order valence-electron chi connectivity index (χ0n) is 14.1. The largest absolute Gasteiger partial charge is 0.471 e. The van der Waals surface area contributed by atoms with Crippen molar-refractivity contribution in [3.8, 4) is 11.4 Å². The third kappa shape index (κ3) is 4.19. The lowest BCUT2D eigenvalue weighted by Crippen LogP contribution is -2.39. The normalized spacial score (nSPS) is 13.0. The SMILES string of the molecule is CCN(Cc1ccc(-c2noc(C(F)(F)F)n2)cc1F)S(=O)(=O)N(C)C. The zero-order chi connectivity index (χ0) is 19.7. The number of hydrogen-bond donors (Lipinski definition) is 0. The van der Waals surface area contributed by atoms with Crippen molar-refractivity contribution in [2.75, 3.05) is 20.6 Å². The third-order valence-electron chi connectivity index (χ3n) is 3.47. The van der Waals surface area contributed by atoms with Crippen molar-refractivity contribution in [2.24, 2.45) is 0 Å². The topological polar surface area (TPSA) is 79.5 Å². The summed E-state index contributed by atoms with van der Waals surface area (Å²) in [6, 6.07) is 3.48. The van der Waals surface area contributed by atoms with Gasteiger partial charge in [-0.3, -0.25) is 0 Å². The number of rotatable bonds is 6. The predicted molar refractivity (Wildman–Crippen MR) is 83.4 cm³/mol. The van der Waals surface area contributed by atoms with Crippen molar-refractivity contribution in [2.45, 2.75) is 19.6 Å². The van der Waals surface area contributed by atoms with E-state index in [9.17, 15) is 26.0 Å². The van der Waals surface area contributed by atoms with Crippen LogP contribution in [0.1, 0.15) is 18.4 Å². The van der Waals surface area contributed by atoms with Gasteiger partial charge < -0.3 is 4.52 Å². The monoisotopic (exact) mass is 396 g/mol. The minimum absolute atomic E-state index is 0.0241. The summed E-state index contributed by atoms with van der Waals surface area (Å²) in [6.45, 7) is 1.48. The summed E-state index contributed by atoms with van der Waals surface area (Å²) in [6.07, 6.45) is -4.80. The Balaban J connectivity index is 2.28. The Hall–Kier alpha value is -2.05. The maximum absolute atomic E-state index is 14.3. The van der Waals surface area contributed by atoms with Crippen LogP contribution in [-0.2, 0) is 22.9 Å². The Bertz CT molecular complexity index is 881. The first-order chi connectivity index (χ1) is 12.0. The number of halogens is 4. The quantitative estimate of drug-likeness (QED) is 0.701. The molecule has 12 heteroatoms. The summed E-state index contributed by atoms with van der Waals surface area (Å²) in [5.41, 5.74) is 0.0320. The Kier molecular flexibility index (Phi) is 5.68. The van der Waals surface area contributed by atoms with E-state index >= 15 is 0 Å². The molecule has 0 radical (unpaired) electrons. The average molecular weight is 396 g/mol. The fraction of sp³-hybridized carbons (Fsp3) is 0.429. The summed E-state index contributed by atoms with van der Waals surface area (Å²) < 4.78 is 82.2. The molecule has 0 N–H and O–H groups in total. The molecular weight excluding hydrogens is 380 g/mol. The van der Waals surface area contributed by atoms with Crippen LogP contribution in [0.15, 0.2) is 22.7 Å². The van der Waals surface area contributed by atoms with Gasteiger partial charge in [-0.05, 0) is 6.07 Å². The molecule has 0 aliphatic heterocycles. The van der Waals surface area contributed by atoms with Crippen molar-refractivity contribution in [3.05, 3.63) is 35.5 Å². The molecule has 0 fully saturated rings. The highest BCUT2D eigenvalue weighted by molar-refractivity contribution is 7.86. The summed E-state index contributed by atoms with van der Waals surface area (Å²) in [5.74, 6) is -2.75. The minimum atomic E-state index is -4.80. The standard InChI is InChI=1S/C14H16F4N4O3S/c1-4-22(26(23,24)21(2)3)8-10-6-5-9(7-11(10)15)12-19-13(25-20-12)14(16,17)18/h5-7H,4,8H2,1-3H3. The highest BCUT2D eigenvalue weighted by atomic mass is 32.2. The van der Waals surface area contributed by atoms with Crippen LogP contribution in [0.4, 0.5) is 17.6 Å². The van der Waals surface area contributed by atoms with Crippen molar-refractivity contribution >= 4 is 10.2 Å². The van der Waals surface area contributed by atoms with Crippen LogP contribution in [0.5, 0.6) is 0 Å². The van der Waals surface area contributed by atoms with Crippen LogP contribution in [0.25, 0.3) is 11.4 Å². The average Bonchev–Trinajstić information content (AvgIpc) is 3.03. The molecule has 0 unspecified atom stereocenters. The van der Waals surface area contributed by atoms with E-state index in [0.717, 1.165) is 14.7 Å². The van der Waals surface area contributed by atoms with Gasteiger partial charge in [-0.2, -0.15) is 35.2 Å². The smallest absolute Gasteiger partial charge is 0.329 e. The van der Waals surface area contributed by atoms with Gasteiger partial charge >= 0.3 is 12.1 Å². The van der Waals surface area contributed by atoms with E-state index in [2.05, 4.69) is 14.7 Å².